The fourth-order valence-electron chi connectivity index (χ4n) is 3.62. The Morgan fingerprint density at radius 2 is 0.971 bits per heavy atom. The Morgan fingerprint density at radius 3 is 1.29 bits per heavy atom. The molecule has 0 saturated heterocycles. The lowest BCUT2D eigenvalue weighted by Crippen LogP contribution is -2.16. The molecule has 0 radical (unpaired) electrons. The summed E-state index contributed by atoms with van der Waals surface area (Å²) in [6.07, 6.45) is 12.8. The summed E-state index contributed by atoms with van der Waals surface area (Å²) >= 11 is 3.96. The average molecular weight is 527 g/mol. The van der Waals surface area contributed by atoms with Gasteiger partial charge in [0.05, 0.1) is 9.75 Å². The van der Waals surface area contributed by atoms with Gasteiger partial charge in [-0.15, -0.1) is 33.8 Å². The predicted octanol–water partition coefficient (Wildman–Crippen LogP) is 10.2. The van der Waals surface area contributed by atoms with E-state index < -0.39 is 16.1 Å². The van der Waals surface area contributed by atoms with Crippen LogP contribution in [0, 0.1) is 22.9 Å². The van der Waals surface area contributed by atoms with E-state index in [4.69, 9.17) is 0 Å². The van der Waals surface area contributed by atoms with Gasteiger partial charge in [-0.05, 0) is 37.8 Å². The van der Waals surface area contributed by atoms with Crippen molar-refractivity contribution in [1.82, 2.24) is 0 Å². The van der Waals surface area contributed by atoms with Gasteiger partial charge in [0.25, 0.3) is 0 Å². The maximum Gasteiger partial charge on any atom is 0.129 e. The van der Waals surface area contributed by atoms with Crippen LogP contribution < -0.4 is 0 Å². The summed E-state index contributed by atoms with van der Waals surface area (Å²) in [5, 5.41) is 0. The second-order valence-corrected chi connectivity index (χ2v) is 23.3. The molecule has 0 unspecified atom stereocenters. The lowest BCUT2D eigenvalue weighted by molar-refractivity contribution is 0.670. The van der Waals surface area contributed by atoms with Gasteiger partial charge in [0.2, 0.25) is 0 Å². The summed E-state index contributed by atoms with van der Waals surface area (Å²) < 4.78 is 0. The first-order valence-corrected chi connectivity index (χ1v) is 22.0. The third-order valence-electron chi connectivity index (χ3n) is 5.47. The van der Waals surface area contributed by atoms with Crippen LogP contribution in [0.5, 0.6) is 0 Å². The summed E-state index contributed by atoms with van der Waals surface area (Å²) in [6.45, 7) is 18.6. The van der Waals surface area contributed by atoms with Crippen molar-refractivity contribution in [2.45, 2.75) is 117 Å². The molecule has 0 amide bonds. The van der Waals surface area contributed by atoms with E-state index >= 15 is 0 Å². The molecule has 4 heteroatoms. The molecule has 186 valence electrons. The van der Waals surface area contributed by atoms with Crippen molar-refractivity contribution in [2.75, 3.05) is 0 Å². The van der Waals surface area contributed by atoms with Gasteiger partial charge in [-0.25, -0.2) is 0 Å². The van der Waals surface area contributed by atoms with Crippen LogP contribution in [-0.2, 0) is 12.8 Å². The van der Waals surface area contributed by atoms with E-state index in [2.05, 4.69) is 88.2 Å². The quantitative estimate of drug-likeness (QED) is 0.155. The Hall–Kier alpha value is -1.05. The molecule has 2 aromatic heterocycles. The molecule has 0 aliphatic rings. The van der Waals surface area contributed by atoms with Crippen LogP contribution in [0.1, 0.15) is 86.1 Å². The van der Waals surface area contributed by atoms with Crippen LogP contribution in [0.3, 0.4) is 0 Å². The molecule has 2 heterocycles. The first-order chi connectivity index (χ1) is 16.0. The Kier molecular flexibility index (Phi) is 11.9. The smallest absolute Gasteiger partial charge is 0.129 e. The maximum absolute atomic E-state index is 3.64. The summed E-state index contributed by atoms with van der Waals surface area (Å²) in [7, 11) is -2.88. The van der Waals surface area contributed by atoms with Crippen molar-refractivity contribution in [3.05, 3.63) is 33.0 Å². The van der Waals surface area contributed by atoms with Gasteiger partial charge in [-0.1, -0.05) is 103 Å². The summed E-state index contributed by atoms with van der Waals surface area (Å²) in [5.41, 5.74) is 9.77. The van der Waals surface area contributed by atoms with Crippen molar-refractivity contribution in [3.63, 3.8) is 0 Å². The number of rotatable bonds is 11. The van der Waals surface area contributed by atoms with E-state index in [-0.39, 0.29) is 0 Å². The minimum absolute atomic E-state index is 1.18. The van der Waals surface area contributed by atoms with Gasteiger partial charge < -0.3 is 0 Å². The largest absolute Gasteiger partial charge is 0.138 e. The molecular formula is C30H46S2Si2. The average Bonchev–Trinajstić information content (AvgIpc) is 3.34. The SMILES string of the molecule is CCCCCCc1cc(C#C[Si](C)(C)C)c(-c2sc(CCCCCC)cc2C#C[Si](C)(C)C)s1. The minimum Gasteiger partial charge on any atom is -0.138 e. The highest BCUT2D eigenvalue weighted by atomic mass is 32.1. The second kappa shape index (κ2) is 13.9. The zero-order chi connectivity index (χ0) is 25.2. The molecule has 0 saturated carbocycles. The van der Waals surface area contributed by atoms with Crippen LogP contribution in [0.15, 0.2) is 12.1 Å². The number of hydrogen-bond acceptors (Lipinski definition) is 2. The predicted molar refractivity (Wildman–Crippen MR) is 164 cm³/mol. The van der Waals surface area contributed by atoms with E-state index in [0.29, 0.717) is 0 Å². The van der Waals surface area contributed by atoms with Gasteiger partial charge in [0, 0.05) is 20.9 Å². The molecule has 0 bridgehead atoms. The van der Waals surface area contributed by atoms with Crippen LogP contribution in [0.25, 0.3) is 9.75 Å². The van der Waals surface area contributed by atoms with E-state index in [1.54, 1.807) is 0 Å². The summed E-state index contributed by atoms with van der Waals surface area (Å²) in [6, 6.07) is 4.80. The fourth-order valence-corrected chi connectivity index (χ4v) is 7.10. The highest BCUT2D eigenvalue weighted by Gasteiger charge is 2.18. The van der Waals surface area contributed by atoms with Gasteiger partial charge >= 0.3 is 0 Å². The van der Waals surface area contributed by atoms with Crippen molar-refractivity contribution in [2.24, 2.45) is 0 Å². The van der Waals surface area contributed by atoms with Gasteiger partial charge in [0.1, 0.15) is 16.1 Å². The molecule has 0 nitrogen and oxygen atoms in total. The third-order valence-corrected chi connectivity index (χ3v) is 9.77. The lowest BCUT2D eigenvalue weighted by atomic mass is 10.1. The van der Waals surface area contributed by atoms with Crippen molar-refractivity contribution >= 4 is 38.8 Å². The minimum atomic E-state index is -1.44. The molecule has 0 aliphatic heterocycles. The summed E-state index contributed by atoms with van der Waals surface area (Å²) in [5.74, 6) is 7.26. The molecule has 0 spiro atoms. The number of hydrogen-bond donors (Lipinski definition) is 0. The Morgan fingerprint density at radius 1 is 0.588 bits per heavy atom. The Bertz CT molecular complexity index is 936. The zero-order valence-electron chi connectivity index (χ0n) is 23.0. The first-order valence-electron chi connectivity index (χ1n) is 13.3. The van der Waals surface area contributed by atoms with Crippen LogP contribution in [0.4, 0.5) is 0 Å². The monoisotopic (exact) mass is 526 g/mol. The molecule has 0 aromatic carbocycles. The Labute approximate surface area is 221 Å². The van der Waals surface area contributed by atoms with E-state index in [0.717, 1.165) is 0 Å². The van der Waals surface area contributed by atoms with Gasteiger partial charge in [-0.3, -0.25) is 0 Å². The fraction of sp³-hybridized carbons (Fsp3) is 0.600. The van der Waals surface area contributed by atoms with Gasteiger partial charge in [-0.2, -0.15) is 0 Å². The number of aryl methyl sites for hydroxylation is 2. The molecule has 0 N–H and O–H groups in total. The molecular weight excluding hydrogens is 481 g/mol. The third kappa shape index (κ3) is 10.7. The standard InChI is InChI=1S/C30H46S2Si2/c1-9-11-13-15-17-27-23-25(19-21-33(3,4)5)29(31-27)30-26(20-22-34(6,7)8)24-28(32-30)18-16-14-12-10-2/h23-24H,9-18H2,1-8H3. The normalized spacial score (nSPS) is 11.6. The molecule has 0 aliphatic carbocycles. The number of unbranched alkanes of at least 4 members (excludes halogenated alkanes) is 6. The van der Waals surface area contributed by atoms with Crippen molar-refractivity contribution in [3.8, 4) is 32.7 Å². The van der Waals surface area contributed by atoms with E-state index in [1.807, 2.05) is 22.7 Å². The molecule has 2 rings (SSSR count). The maximum atomic E-state index is 3.64. The number of thiophene rings is 2. The molecule has 0 fully saturated rings. The molecule has 34 heavy (non-hydrogen) atoms. The zero-order valence-corrected chi connectivity index (χ0v) is 26.7. The van der Waals surface area contributed by atoms with Crippen LogP contribution in [0.2, 0.25) is 39.3 Å². The van der Waals surface area contributed by atoms with Crippen LogP contribution in [-0.4, -0.2) is 16.1 Å². The van der Waals surface area contributed by atoms with Crippen molar-refractivity contribution in [1.29, 1.82) is 0 Å². The topological polar surface area (TPSA) is 0 Å². The Balaban J connectivity index is 2.48. The highest BCUT2D eigenvalue weighted by molar-refractivity contribution is 7.22. The van der Waals surface area contributed by atoms with Crippen molar-refractivity contribution < 1.29 is 0 Å². The second-order valence-electron chi connectivity index (χ2n) is 11.5. The lowest BCUT2D eigenvalue weighted by Gasteiger charge is -2.04. The van der Waals surface area contributed by atoms with Gasteiger partial charge in [0.15, 0.2) is 0 Å². The van der Waals surface area contributed by atoms with E-state index in [9.17, 15) is 0 Å². The van der Waals surface area contributed by atoms with Crippen LogP contribution >= 0.6 is 22.7 Å². The van der Waals surface area contributed by atoms with E-state index in [1.165, 1.54) is 94.8 Å². The molecule has 0 atom stereocenters. The summed E-state index contributed by atoms with van der Waals surface area (Å²) in [4.78, 5) is 5.74. The molecule has 2 aromatic rings. The first kappa shape index (κ1) is 29.2. The highest BCUT2D eigenvalue weighted by Crippen LogP contribution is 2.40.